The largest absolute Gasteiger partial charge is 0.379 e. The highest BCUT2D eigenvalue weighted by atomic mass is 19.1. The zero-order chi connectivity index (χ0) is 16.2. The predicted molar refractivity (Wildman–Crippen MR) is 84.8 cm³/mol. The van der Waals surface area contributed by atoms with E-state index in [2.05, 4.69) is 20.8 Å². The van der Waals surface area contributed by atoms with Gasteiger partial charge in [-0.25, -0.2) is 4.39 Å². The van der Waals surface area contributed by atoms with E-state index in [-0.39, 0.29) is 12.2 Å². The topological polar surface area (TPSA) is 36.9 Å². The van der Waals surface area contributed by atoms with E-state index in [4.69, 9.17) is 18.9 Å². The number of unbranched alkanes of at least 4 members (excludes halogenated alkanes) is 3. The van der Waals surface area contributed by atoms with Crippen molar-refractivity contribution in [2.75, 3.05) is 26.4 Å². The molecular formula is C17H33FO4. The molecule has 0 aliphatic carbocycles. The first kappa shape index (κ1) is 19.8. The Labute approximate surface area is 134 Å². The number of ether oxygens (including phenoxy) is 4. The van der Waals surface area contributed by atoms with Gasteiger partial charge in [0.1, 0.15) is 18.3 Å². The standard InChI is InChI=1S/C17H33FO4/c1-4-7-10-19-13-14-15(20-11-8-5-2)16(17(18)22-14)21-12-9-6-3/h14-17H,4-13H2,1-3H3/t14-,15?,16?,17-/m1/s1. The molecule has 4 atom stereocenters. The highest BCUT2D eigenvalue weighted by molar-refractivity contribution is 4.89. The summed E-state index contributed by atoms with van der Waals surface area (Å²) in [6.45, 7) is 8.49. The zero-order valence-corrected chi connectivity index (χ0v) is 14.4. The lowest BCUT2D eigenvalue weighted by atomic mass is 10.1. The van der Waals surface area contributed by atoms with Crippen LogP contribution < -0.4 is 0 Å². The maximum absolute atomic E-state index is 14.1. The summed E-state index contributed by atoms with van der Waals surface area (Å²) in [5.74, 6) is 0. The van der Waals surface area contributed by atoms with Crippen LogP contribution in [-0.4, -0.2) is 51.1 Å². The maximum atomic E-state index is 14.1. The molecule has 2 unspecified atom stereocenters. The van der Waals surface area contributed by atoms with Crippen molar-refractivity contribution >= 4 is 0 Å². The fraction of sp³-hybridized carbons (Fsp3) is 1.00. The van der Waals surface area contributed by atoms with Gasteiger partial charge >= 0.3 is 0 Å². The van der Waals surface area contributed by atoms with Crippen molar-refractivity contribution in [3.63, 3.8) is 0 Å². The summed E-state index contributed by atoms with van der Waals surface area (Å²) in [6.07, 6.45) is 3.21. The molecule has 0 aromatic carbocycles. The summed E-state index contributed by atoms with van der Waals surface area (Å²) in [7, 11) is 0. The van der Waals surface area contributed by atoms with E-state index in [0.29, 0.717) is 26.4 Å². The van der Waals surface area contributed by atoms with Crippen molar-refractivity contribution in [2.45, 2.75) is 84.0 Å². The van der Waals surface area contributed by atoms with Crippen LogP contribution >= 0.6 is 0 Å². The van der Waals surface area contributed by atoms with E-state index < -0.39 is 12.5 Å². The third-order valence-electron chi connectivity index (χ3n) is 3.79. The summed E-state index contributed by atoms with van der Waals surface area (Å²) in [5, 5.41) is 0. The average molecular weight is 320 g/mol. The monoisotopic (exact) mass is 320 g/mol. The van der Waals surface area contributed by atoms with Gasteiger partial charge in [-0.2, -0.15) is 0 Å². The molecule has 0 N–H and O–H groups in total. The smallest absolute Gasteiger partial charge is 0.228 e. The second-order valence-electron chi connectivity index (χ2n) is 5.83. The second kappa shape index (κ2) is 12.2. The van der Waals surface area contributed by atoms with Crippen LogP contribution in [0.2, 0.25) is 0 Å². The number of hydrogen-bond donors (Lipinski definition) is 0. The highest BCUT2D eigenvalue weighted by Gasteiger charge is 2.46. The summed E-state index contributed by atoms with van der Waals surface area (Å²) in [6, 6.07) is 0. The molecule has 0 saturated carbocycles. The van der Waals surface area contributed by atoms with Crippen LogP contribution in [0.1, 0.15) is 59.3 Å². The third-order valence-corrected chi connectivity index (χ3v) is 3.79. The van der Waals surface area contributed by atoms with E-state index in [1.54, 1.807) is 0 Å². The van der Waals surface area contributed by atoms with Crippen LogP contribution in [0.3, 0.4) is 0 Å². The van der Waals surface area contributed by atoms with Crippen molar-refractivity contribution in [3.05, 3.63) is 0 Å². The van der Waals surface area contributed by atoms with Gasteiger partial charge in [0.25, 0.3) is 0 Å². The van der Waals surface area contributed by atoms with E-state index in [1.807, 2.05) is 0 Å². The highest BCUT2D eigenvalue weighted by Crippen LogP contribution is 2.28. The van der Waals surface area contributed by atoms with Crippen molar-refractivity contribution < 1.29 is 23.3 Å². The van der Waals surface area contributed by atoms with Crippen LogP contribution in [0.15, 0.2) is 0 Å². The first-order chi connectivity index (χ1) is 10.7. The Balaban J connectivity index is 2.48. The quantitative estimate of drug-likeness (QED) is 0.483. The lowest BCUT2D eigenvalue weighted by molar-refractivity contribution is -0.105. The Kier molecular flexibility index (Phi) is 11.0. The molecule has 1 rings (SSSR count). The molecule has 0 spiro atoms. The summed E-state index contributed by atoms with van der Waals surface area (Å²) >= 11 is 0. The van der Waals surface area contributed by atoms with Crippen molar-refractivity contribution in [3.8, 4) is 0 Å². The molecule has 1 heterocycles. The number of alkyl halides is 1. The zero-order valence-electron chi connectivity index (χ0n) is 14.4. The number of hydrogen-bond acceptors (Lipinski definition) is 4. The third kappa shape index (κ3) is 6.90. The minimum Gasteiger partial charge on any atom is -0.379 e. The molecule has 22 heavy (non-hydrogen) atoms. The van der Waals surface area contributed by atoms with Gasteiger partial charge in [0, 0.05) is 19.8 Å². The fourth-order valence-corrected chi connectivity index (χ4v) is 2.36. The fourth-order valence-electron chi connectivity index (χ4n) is 2.36. The summed E-state index contributed by atoms with van der Waals surface area (Å²) < 4.78 is 36.6. The van der Waals surface area contributed by atoms with Gasteiger partial charge < -0.3 is 18.9 Å². The van der Waals surface area contributed by atoms with Gasteiger partial charge in [-0.05, 0) is 19.3 Å². The SMILES string of the molecule is CCCCOC[C@H]1O[C@@H](F)C(OCCCC)C1OCCCC. The van der Waals surface area contributed by atoms with Gasteiger partial charge in [0.15, 0.2) is 0 Å². The van der Waals surface area contributed by atoms with Gasteiger partial charge in [0.2, 0.25) is 6.36 Å². The Bertz CT molecular complexity index is 265. The first-order valence-corrected chi connectivity index (χ1v) is 8.85. The van der Waals surface area contributed by atoms with Crippen molar-refractivity contribution in [2.24, 2.45) is 0 Å². The second-order valence-corrected chi connectivity index (χ2v) is 5.83. The lowest BCUT2D eigenvalue weighted by Gasteiger charge is -2.23. The first-order valence-electron chi connectivity index (χ1n) is 8.85. The molecule has 1 aliphatic heterocycles. The molecule has 1 aliphatic rings. The van der Waals surface area contributed by atoms with Crippen molar-refractivity contribution in [1.29, 1.82) is 0 Å². The minimum absolute atomic E-state index is 0.366. The van der Waals surface area contributed by atoms with Gasteiger partial charge in [0.05, 0.1) is 6.61 Å². The number of rotatable bonds is 13. The molecule has 4 nitrogen and oxygen atoms in total. The van der Waals surface area contributed by atoms with Crippen molar-refractivity contribution in [1.82, 2.24) is 0 Å². The van der Waals surface area contributed by atoms with Gasteiger partial charge in [-0.1, -0.05) is 40.0 Å². The normalized spacial score (nSPS) is 28.4. The number of halogens is 1. The Hall–Kier alpha value is -0.230. The summed E-state index contributed by atoms with van der Waals surface area (Å²) in [5.41, 5.74) is 0. The Morgan fingerprint density at radius 1 is 0.818 bits per heavy atom. The van der Waals surface area contributed by atoms with Crippen LogP contribution in [0.4, 0.5) is 4.39 Å². The van der Waals surface area contributed by atoms with E-state index in [0.717, 1.165) is 38.5 Å². The molecule has 132 valence electrons. The van der Waals surface area contributed by atoms with Gasteiger partial charge in [-0.3, -0.25) is 0 Å². The van der Waals surface area contributed by atoms with Crippen LogP contribution in [0.5, 0.6) is 0 Å². The molecule has 1 fully saturated rings. The molecule has 1 saturated heterocycles. The molecule has 0 aromatic heterocycles. The molecule has 0 bridgehead atoms. The molecule has 0 radical (unpaired) electrons. The Morgan fingerprint density at radius 3 is 1.95 bits per heavy atom. The molecule has 0 amide bonds. The van der Waals surface area contributed by atoms with Crippen LogP contribution in [0.25, 0.3) is 0 Å². The minimum atomic E-state index is -1.43. The van der Waals surface area contributed by atoms with Crippen LogP contribution in [-0.2, 0) is 18.9 Å². The van der Waals surface area contributed by atoms with E-state index in [1.165, 1.54) is 0 Å². The predicted octanol–water partition coefficient (Wildman–Crippen LogP) is 3.87. The molecule has 5 heteroatoms. The van der Waals surface area contributed by atoms with Crippen LogP contribution in [0, 0.1) is 0 Å². The van der Waals surface area contributed by atoms with Gasteiger partial charge in [-0.15, -0.1) is 0 Å². The Morgan fingerprint density at radius 2 is 1.36 bits per heavy atom. The maximum Gasteiger partial charge on any atom is 0.228 e. The summed E-state index contributed by atoms with van der Waals surface area (Å²) in [4.78, 5) is 0. The van der Waals surface area contributed by atoms with E-state index >= 15 is 0 Å². The van der Waals surface area contributed by atoms with E-state index in [9.17, 15) is 4.39 Å². The average Bonchev–Trinajstić information content (AvgIpc) is 2.80. The molecule has 0 aromatic rings. The molecular weight excluding hydrogens is 287 g/mol. The lowest BCUT2D eigenvalue weighted by Crippen LogP contribution is -2.39.